The molecule has 5 heteroatoms. The van der Waals surface area contributed by atoms with Gasteiger partial charge in [0.1, 0.15) is 11.5 Å². The quantitative estimate of drug-likeness (QED) is 0.630. The predicted octanol–water partition coefficient (Wildman–Crippen LogP) is 6.01. The number of amides is 1. The van der Waals surface area contributed by atoms with Gasteiger partial charge in [-0.25, -0.2) is 8.78 Å². The molecule has 160 valence electrons. The molecule has 2 aromatic rings. The number of carbonyl (C=O) groups excluding carboxylic acids is 1. The van der Waals surface area contributed by atoms with Crippen LogP contribution in [0.25, 0.3) is 0 Å². The third-order valence-corrected chi connectivity index (χ3v) is 6.61. The van der Waals surface area contributed by atoms with Gasteiger partial charge in [-0.3, -0.25) is 4.79 Å². The average molecular weight is 413 g/mol. The van der Waals surface area contributed by atoms with E-state index < -0.39 is 5.67 Å². The fraction of sp³-hybridized carbons (Fsp3) is 0.480. The lowest BCUT2D eigenvalue weighted by Crippen LogP contribution is -2.31. The van der Waals surface area contributed by atoms with Crippen LogP contribution in [0.5, 0.6) is 0 Å². The highest BCUT2D eigenvalue weighted by atomic mass is 19.1. The average Bonchev–Trinajstić information content (AvgIpc) is 2.69. The maximum atomic E-state index is 14.1. The van der Waals surface area contributed by atoms with Gasteiger partial charge in [-0.1, -0.05) is 6.07 Å². The van der Waals surface area contributed by atoms with Gasteiger partial charge < -0.3 is 10.2 Å². The molecule has 1 aliphatic heterocycles. The van der Waals surface area contributed by atoms with E-state index in [0.717, 1.165) is 59.6 Å². The molecule has 1 N–H and O–H groups in total. The Morgan fingerprint density at radius 2 is 1.87 bits per heavy atom. The summed E-state index contributed by atoms with van der Waals surface area (Å²) in [7, 11) is 0. The van der Waals surface area contributed by atoms with Crippen LogP contribution in [0.1, 0.15) is 60.8 Å². The molecular formula is C25H30F2N2O. The van der Waals surface area contributed by atoms with Crippen LogP contribution in [0.4, 0.5) is 20.2 Å². The van der Waals surface area contributed by atoms with E-state index in [1.165, 1.54) is 6.07 Å². The summed E-state index contributed by atoms with van der Waals surface area (Å²) in [6.45, 7) is 5.60. The van der Waals surface area contributed by atoms with Crippen LogP contribution >= 0.6 is 0 Å². The number of alkyl halides is 1. The van der Waals surface area contributed by atoms with Crippen molar-refractivity contribution in [1.82, 2.24) is 0 Å². The maximum Gasteiger partial charge on any atom is 0.224 e. The van der Waals surface area contributed by atoms with Crippen LogP contribution in [0.2, 0.25) is 0 Å². The number of halogens is 2. The molecule has 0 radical (unpaired) electrons. The van der Waals surface area contributed by atoms with Crippen LogP contribution in [-0.2, 0) is 17.8 Å². The predicted molar refractivity (Wildman–Crippen MR) is 117 cm³/mol. The normalized spacial score (nSPS) is 17.3. The van der Waals surface area contributed by atoms with Crippen LogP contribution in [0.3, 0.4) is 0 Å². The molecule has 1 amide bonds. The number of rotatable bonds is 6. The number of hydrogen-bond acceptors (Lipinski definition) is 2. The minimum atomic E-state index is -1.02. The highest BCUT2D eigenvalue weighted by molar-refractivity contribution is 5.92. The summed E-state index contributed by atoms with van der Waals surface area (Å²) in [6.07, 6.45) is 4.50. The molecule has 1 saturated carbocycles. The van der Waals surface area contributed by atoms with E-state index in [0.29, 0.717) is 32.1 Å². The van der Waals surface area contributed by atoms with Crippen LogP contribution in [-0.4, -0.2) is 18.1 Å². The van der Waals surface area contributed by atoms with E-state index >= 15 is 0 Å². The molecule has 0 atom stereocenters. The second-order valence-electron chi connectivity index (χ2n) is 8.95. The standard InChI is InChI=1S/C25H30F2N2O/c1-17-13-22(29-12-8-19-15-21(26)7-6-20(19)16-29)14-18(2)24(17)28-23(30)5-3-9-25(27)10-4-11-25/h6-7,13-15H,3-5,8-12,16H2,1-2H3,(H,28,30). The Balaban J connectivity index is 1.39. The number of aryl methyl sites for hydroxylation is 2. The third kappa shape index (κ3) is 4.50. The maximum absolute atomic E-state index is 14.1. The molecule has 4 rings (SSSR count). The van der Waals surface area contributed by atoms with Gasteiger partial charge >= 0.3 is 0 Å². The first-order valence-electron chi connectivity index (χ1n) is 11.0. The molecule has 0 saturated heterocycles. The van der Waals surface area contributed by atoms with Crippen molar-refractivity contribution >= 4 is 17.3 Å². The van der Waals surface area contributed by atoms with Gasteiger partial charge in [0.2, 0.25) is 5.91 Å². The Labute approximate surface area is 177 Å². The SMILES string of the molecule is Cc1cc(N2CCc3cc(F)ccc3C2)cc(C)c1NC(=O)CCCC1(F)CCC1. The van der Waals surface area contributed by atoms with E-state index in [-0.39, 0.29) is 11.7 Å². The van der Waals surface area contributed by atoms with Crippen molar-refractivity contribution in [3.63, 3.8) is 0 Å². The second kappa shape index (κ2) is 8.37. The van der Waals surface area contributed by atoms with Crippen molar-refractivity contribution in [3.8, 4) is 0 Å². The molecule has 2 aromatic carbocycles. The van der Waals surface area contributed by atoms with Gasteiger partial charge in [-0.2, -0.15) is 0 Å². The Bertz CT molecular complexity index is 929. The van der Waals surface area contributed by atoms with Gasteiger partial charge in [0, 0.05) is 30.9 Å². The fourth-order valence-electron chi connectivity index (χ4n) is 4.64. The Morgan fingerprint density at radius 3 is 2.53 bits per heavy atom. The van der Waals surface area contributed by atoms with E-state index in [1.54, 1.807) is 6.07 Å². The summed E-state index contributed by atoms with van der Waals surface area (Å²) in [5.41, 5.74) is 5.22. The number of benzene rings is 2. The summed E-state index contributed by atoms with van der Waals surface area (Å²) in [6, 6.07) is 9.23. The zero-order chi connectivity index (χ0) is 21.3. The van der Waals surface area contributed by atoms with E-state index in [2.05, 4.69) is 22.3 Å². The van der Waals surface area contributed by atoms with Crippen molar-refractivity contribution in [2.24, 2.45) is 0 Å². The Kier molecular flexibility index (Phi) is 5.81. The number of hydrogen-bond donors (Lipinski definition) is 1. The molecule has 0 spiro atoms. The molecule has 0 unspecified atom stereocenters. The lowest BCUT2D eigenvalue weighted by Gasteiger charge is -2.33. The first kappa shape index (κ1) is 20.8. The molecule has 1 aliphatic carbocycles. The molecule has 0 bridgehead atoms. The number of carbonyl (C=O) groups is 1. The molecule has 1 fully saturated rings. The lowest BCUT2D eigenvalue weighted by molar-refractivity contribution is -0.116. The van der Waals surface area contributed by atoms with Crippen LogP contribution in [0, 0.1) is 19.7 Å². The molecule has 0 aromatic heterocycles. The molecule has 1 heterocycles. The third-order valence-electron chi connectivity index (χ3n) is 6.61. The highest BCUT2D eigenvalue weighted by Gasteiger charge is 2.36. The summed E-state index contributed by atoms with van der Waals surface area (Å²) in [5.74, 6) is -0.228. The molecule has 2 aliphatic rings. The minimum Gasteiger partial charge on any atom is -0.367 e. The summed E-state index contributed by atoms with van der Waals surface area (Å²) < 4.78 is 27.5. The highest BCUT2D eigenvalue weighted by Crippen LogP contribution is 2.40. The van der Waals surface area contributed by atoms with Gasteiger partial charge in [0.15, 0.2) is 0 Å². The van der Waals surface area contributed by atoms with Crippen molar-refractivity contribution < 1.29 is 13.6 Å². The summed E-state index contributed by atoms with van der Waals surface area (Å²) in [5, 5.41) is 3.03. The van der Waals surface area contributed by atoms with Gasteiger partial charge in [0.25, 0.3) is 0 Å². The van der Waals surface area contributed by atoms with Crippen molar-refractivity contribution in [1.29, 1.82) is 0 Å². The molecular weight excluding hydrogens is 382 g/mol. The number of fused-ring (bicyclic) bond motifs is 1. The Hall–Kier alpha value is -2.43. The van der Waals surface area contributed by atoms with Gasteiger partial charge in [0.05, 0.1) is 0 Å². The topological polar surface area (TPSA) is 32.3 Å². The first-order chi connectivity index (χ1) is 14.3. The largest absolute Gasteiger partial charge is 0.367 e. The summed E-state index contributed by atoms with van der Waals surface area (Å²) in [4.78, 5) is 14.7. The van der Waals surface area contributed by atoms with Crippen molar-refractivity contribution in [3.05, 3.63) is 58.4 Å². The molecule has 30 heavy (non-hydrogen) atoms. The molecule has 3 nitrogen and oxygen atoms in total. The lowest BCUT2D eigenvalue weighted by atomic mass is 9.78. The van der Waals surface area contributed by atoms with E-state index in [9.17, 15) is 13.6 Å². The number of nitrogens with zero attached hydrogens (tertiary/aromatic N) is 1. The summed E-state index contributed by atoms with van der Waals surface area (Å²) >= 11 is 0. The monoisotopic (exact) mass is 412 g/mol. The smallest absolute Gasteiger partial charge is 0.224 e. The van der Waals surface area contributed by atoms with E-state index in [4.69, 9.17) is 0 Å². The second-order valence-corrected chi connectivity index (χ2v) is 8.95. The van der Waals surface area contributed by atoms with Gasteiger partial charge in [-0.15, -0.1) is 0 Å². The van der Waals surface area contributed by atoms with Crippen LogP contribution < -0.4 is 10.2 Å². The van der Waals surface area contributed by atoms with Crippen molar-refractivity contribution in [2.75, 3.05) is 16.8 Å². The van der Waals surface area contributed by atoms with E-state index in [1.807, 2.05) is 19.9 Å². The zero-order valence-corrected chi connectivity index (χ0v) is 17.9. The first-order valence-corrected chi connectivity index (χ1v) is 11.0. The van der Waals surface area contributed by atoms with Crippen molar-refractivity contribution in [2.45, 2.75) is 71.0 Å². The number of nitrogens with one attached hydrogen (secondary N) is 1. The zero-order valence-electron chi connectivity index (χ0n) is 17.9. The Morgan fingerprint density at radius 1 is 1.13 bits per heavy atom. The minimum absolute atomic E-state index is 0.0502. The number of anilines is 2. The van der Waals surface area contributed by atoms with Crippen LogP contribution in [0.15, 0.2) is 30.3 Å². The fourth-order valence-corrected chi connectivity index (χ4v) is 4.64. The van der Waals surface area contributed by atoms with Gasteiger partial charge in [-0.05, 0) is 98.9 Å².